The molecular weight excluding hydrogens is 458 g/mol. The molecule has 0 spiro atoms. The van der Waals surface area contributed by atoms with Crippen LogP contribution in [0.4, 0.5) is 0 Å². The highest BCUT2D eigenvalue weighted by atomic mass is 127. The predicted octanol–water partition coefficient (Wildman–Crippen LogP) is 2.93. The largest absolute Gasteiger partial charge is 0.506 e. The van der Waals surface area contributed by atoms with E-state index in [1.807, 2.05) is 12.1 Å². The molecule has 0 amide bonds. The van der Waals surface area contributed by atoms with E-state index in [1.54, 1.807) is 6.20 Å². The summed E-state index contributed by atoms with van der Waals surface area (Å²) in [5.74, 6) is 0.822. The van der Waals surface area contributed by atoms with Crippen molar-refractivity contribution in [1.82, 2.24) is 19.9 Å². The zero-order valence-electron chi connectivity index (χ0n) is 8.85. The minimum atomic E-state index is 0.225. The van der Waals surface area contributed by atoms with E-state index in [-0.39, 0.29) is 5.75 Å². The predicted molar refractivity (Wildman–Crippen MR) is 84.2 cm³/mol. The maximum absolute atomic E-state index is 10.1. The second-order valence-corrected chi connectivity index (χ2v) is 6.04. The molecule has 3 rings (SSSR count). The third-order valence-corrected chi connectivity index (χ3v) is 3.89. The summed E-state index contributed by atoms with van der Waals surface area (Å²) < 4.78 is 1.83. The number of hydrogen-bond donors (Lipinski definition) is 2. The highest BCUT2D eigenvalue weighted by Gasteiger charge is 2.13. The van der Waals surface area contributed by atoms with Crippen LogP contribution in [0.3, 0.4) is 0 Å². The van der Waals surface area contributed by atoms with Crippen molar-refractivity contribution in [1.29, 1.82) is 0 Å². The van der Waals surface area contributed by atoms with Crippen molar-refractivity contribution in [2.24, 2.45) is 0 Å². The molecule has 0 radical (unpaired) electrons. The molecule has 18 heavy (non-hydrogen) atoms. The second kappa shape index (κ2) is 4.61. The molecule has 2 N–H and O–H groups in total. The Morgan fingerprint density at radius 1 is 1.22 bits per heavy atom. The van der Waals surface area contributed by atoms with Crippen LogP contribution in [0.5, 0.6) is 5.75 Å². The van der Waals surface area contributed by atoms with Crippen LogP contribution in [0, 0.1) is 7.14 Å². The quantitative estimate of drug-likeness (QED) is 0.544. The number of H-pyrrole nitrogens is 1. The first-order chi connectivity index (χ1) is 8.65. The minimum absolute atomic E-state index is 0.225. The number of aromatic amines is 1. The average Bonchev–Trinajstić information content (AvgIpc) is 2.77. The van der Waals surface area contributed by atoms with Crippen LogP contribution >= 0.6 is 45.2 Å². The summed E-state index contributed by atoms with van der Waals surface area (Å²) in [6.45, 7) is 0. The lowest BCUT2D eigenvalue weighted by Gasteiger charge is -2.04. The number of aromatic nitrogens is 4. The van der Waals surface area contributed by atoms with Gasteiger partial charge in [-0.05, 0) is 57.3 Å². The standard InChI is InChI=1S/C11H6I2N4O/c12-5-1-6(9(18)7(13)2-5)10-16-8-3-14-4-15-11(8)17-10/h1-4,18H,(H,14,15,16,17). The molecule has 0 atom stereocenters. The van der Waals surface area contributed by atoms with Gasteiger partial charge in [0.05, 0.1) is 15.3 Å². The van der Waals surface area contributed by atoms with Crippen molar-refractivity contribution in [3.8, 4) is 17.1 Å². The maximum Gasteiger partial charge on any atom is 0.181 e. The number of imidazole rings is 1. The van der Waals surface area contributed by atoms with Gasteiger partial charge in [0.1, 0.15) is 23.4 Å². The summed E-state index contributed by atoms with van der Waals surface area (Å²) in [6, 6.07) is 3.78. The minimum Gasteiger partial charge on any atom is -0.506 e. The van der Waals surface area contributed by atoms with Gasteiger partial charge in [-0.15, -0.1) is 0 Å². The summed E-state index contributed by atoms with van der Waals surface area (Å²) >= 11 is 4.30. The monoisotopic (exact) mass is 464 g/mol. The highest BCUT2D eigenvalue weighted by Crippen LogP contribution is 2.33. The Morgan fingerprint density at radius 2 is 2.06 bits per heavy atom. The van der Waals surface area contributed by atoms with Gasteiger partial charge < -0.3 is 10.1 Å². The van der Waals surface area contributed by atoms with Gasteiger partial charge >= 0.3 is 0 Å². The van der Waals surface area contributed by atoms with E-state index in [4.69, 9.17) is 0 Å². The first-order valence-electron chi connectivity index (χ1n) is 4.99. The summed E-state index contributed by atoms with van der Waals surface area (Å²) in [4.78, 5) is 15.4. The fourth-order valence-corrected chi connectivity index (χ4v) is 3.48. The zero-order valence-corrected chi connectivity index (χ0v) is 13.2. The van der Waals surface area contributed by atoms with Crippen LogP contribution in [-0.2, 0) is 0 Å². The zero-order chi connectivity index (χ0) is 12.7. The first-order valence-corrected chi connectivity index (χ1v) is 7.15. The van der Waals surface area contributed by atoms with Gasteiger partial charge in [0.15, 0.2) is 5.65 Å². The molecule has 0 aliphatic rings. The van der Waals surface area contributed by atoms with E-state index in [0.717, 1.165) is 12.7 Å². The van der Waals surface area contributed by atoms with Crippen LogP contribution < -0.4 is 0 Å². The number of rotatable bonds is 1. The van der Waals surface area contributed by atoms with Crippen molar-refractivity contribution in [3.05, 3.63) is 31.8 Å². The van der Waals surface area contributed by atoms with E-state index >= 15 is 0 Å². The van der Waals surface area contributed by atoms with E-state index in [2.05, 4.69) is 65.1 Å². The third-order valence-electron chi connectivity index (χ3n) is 2.45. The topological polar surface area (TPSA) is 74.7 Å². The van der Waals surface area contributed by atoms with Gasteiger partial charge in [0.25, 0.3) is 0 Å². The molecule has 5 nitrogen and oxygen atoms in total. The van der Waals surface area contributed by atoms with Gasteiger partial charge in [-0.2, -0.15) is 0 Å². The molecule has 3 aromatic rings. The van der Waals surface area contributed by atoms with Crippen molar-refractivity contribution in [3.63, 3.8) is 0 Å². The Bertz CT molecular complexity index is 708. The van der Waals surface area contributed by atoms with Gasteiger partial charge in [-0.3, -0.25) is 0 Å². The van der Waals surface area contributed by atoms with Crippen molar-refractivity contribution in [2.75, 3.05) is 0 Å². The van der Waals surface area contributed by atoms with Crippen LogP contribution in [-0.4, -0.2) is 25.0 Å². The Labute approximate surface area is 129 Å². The first kappa shape index (κ1) is 12.1. The smallest absolute Gasteiger partial charge is 0.181 e. The molecule has 0 aliphatic heterocycles. The number of halogens is 2. The van der Waals surface area contributed by atoms with Gasteiger partial charge in [0, 0.05) is 3.57 Å². The maximum atomic E-state index is 10.1. The van der Waals surface area contributed by atoms with Gasteiger partial charge in [0.2, 0.25) is 0 Å². The Balaban J connectivity index is 2.26. The number of phenols is 1. The molecule has 2 heterocycles. The average molecular weight is 464 g/mol. The van der Waals surface area contributed by atoms with Crippen LogP contribution in [0.1, 0.15) is 0 Å². The molecule has 0 saturated carbocycles. The number of aromatic hydroxyl groups is 1. The van der Waals surface area contributed by atoms with Crippen LogP contribution in [0.25, 0.3) is 22.6 Å². The number of hydrogen-bond acceptors (Lipinski definition) is 4. The second-order valence-electron chi connectivity index (χ2n) is 3.63. The molecule has 0 saturated heterocycles. The Morgan fingerprint density at radius 3 is 2.83 bits per heavy atom. The molecular formula is C11H6I2N4O. The lowest BCUT2D eigenvalue weighted by atomic mass is 10.2. The Kier molecular flexibility index (Phi) is 3.09. The van der Waals surface area contributed by atoms with Crippen molar-refractivity contribution >= 4 is 56.3 Å². The van der Waals surface area contributed by atoms with Crippen molar-refractivity contribution in [2.45, 2.75) is 0 Å². The molecule has 0 bridgehead atoms. The number of phenolic OH excluding ortho intramolecular Hbond substituents is 1. The van der Waals surface area contributed by atoms with E-state index in [1.165, 1.54) is 6.33 Å². The summed E-state index contributed by atoms with van der Waals surface area (Å²) in [7, 11) is 0. The van der Waals surface area contributed by atoms with Gasteiger partial charge in [-0.1, -0.05) is 0 Å². The number of fused-ring (bicyclic) bond motifs is 1. The van der Waals surface area contributed by atoms with Gasteiger partial charge in [-0.25, -0.2) is 15.0 Å². The van der Waals surface area contributed by atoms with Crippen LogP contribution in [0.2, 0.25) is 0 Å². The SMILES string of the molecule is Oc1c(I)cc(I)cc1-c1nc2ncncc2[nH]1. The molecule has 7 heteroatoms. The molecule has 0 aliphatic carbocycles. The number of nitrogens with zero attached hydrogens (tertiary/aromatic N) is 3. The highest BCUT2D eigenvalue weighted by molar-refractivity contribution is 14.1. The van der Waals surface area contributed by atoms with E-state index in [9.17, 15) is 5.11 Å². The number of benzene rings is 1. The third kappa shape index (κ3) is 2.05. The summed E-state index contributed by atoms with van der Waals surface area (Å²) in [5.41, 5.74) is 2.01. The summed E-state index contributed by atoms with van der Waals surface area (Å²) in [6.07, 6.45) is 3.11. The summed E-state index contributed by atoms with van der Waals surface area (Å²) in [5, 5.41) is 10.1. The fourth-order valence-electron chi connectivity index (χ4n) is 1.64. The molecule has 0 fully saturated rings. The molecule has 1 aromatic carbocycles. The normalized spacial score (nSPS) is 11.0. The molecule has 0 unspecified atom stereocenters. The lowest BCUT2D eigenvalue weighted by molar-refractivity contribution is 0.473. The fraction of sp³-hybridized carbons (Fsp3) is 0. The van der Waals surface area contributed by atoms with E-state index < -0.39 is 0 Å². The molecule has 2 aromatic heterocycles. The Hall–Kier alpha value is -0.970. The van der Waals surface area contributed by atoms with Crippen LogP contribution in [0.15, 0.2) is 24.7 Å². The molecule has 90 valence electrons. The number of nitrogens with one attached hydrogen (secondary N) is 1. The van der Waals surface area contributed by atoms with E-state index in [0.29, 0.717) is 17.0 Å². The lowest BCUT2D eigenvalue weighted by Crippen LogP contribution is -1.86. The van der Waals surface area contributed by atoms with Crippen molar-refractivity contribution < 1.29 is 5.11 Å².